The fourth-order valence-corrected chi connectivity index (χ4v) is 1.93. The molecule has 20 heavy (non-hydrogen) atoms. The van der Waals surface area contributed by atoms with E-state index >= 15 is 0 Å². The summed E-state index contributed by atoms with van der Waals surface area (Å²) in [6.07, 6.45) is 1.35. The Kier molecular flexibility index (Phi) is 6.87. The number of ether oxygens (including phenoxy) is 1. The first-order valence-corrected chi connectivity index (χ1v) is 7.02. The van der Waals surface area contributed by atoms with Gasteiger partial charge in [0.05, 0.1) is 6.61 Å². The van der Waals surface area contributed by atoms with E-state index in [1.165, 1.54) is 0 Å². The minimum absolute atomic E-state index is 0.0104. The van der Waals surface area contributed by atoms with E-state index in [0.29, 0.717) is 13.0 Å². The molecule has 1 atom stereocenters. The van der Waals surface area contributed by atoms with E-state index in [1.807, 2.05) is 39.0 Å². The van der Waals surface area contributed by atoms with Crippen LogP contribution in [-0.4, -0.2) is 30.4 Å². The number of carbonyl (C=O) groups excluding carboxylic acids is 1. The molecule has 5 nitrogen and oxygen atoms in total. The molecule has 1 rings (SSSR count). The molecule has 0 aliphatic rings. The normalized spacial score (nSPS) is 11.8. The van der Waals surface area contributed by atoms with Crippen molar-refractivity contribution in [2.75, 3.05) is 18.5 Å². The van der Waals surface area contributed by atoms with Gasteiger partial charge >= 0.3 is 6.03 Å². The molecule has 0 fully saturated rings. The number of hydrogen-bond acceptors (Lipinski definition) is 3. The molecule has 0 spiro atoms. The first-order valence-electron chi connectivity index (χ1n) is 7.02. The predicted molar refractivity (Wildman–Crippen MR) is 80.3 cm³/mol. The highest BCUT2D eigenvalue weighted by Crippen LogP contribution is 2.21. The number of rotatable bonds is 7. The van der Waals surface area contributed by atoms with Crippen molar-refractivity contribution >= 4 is 11.7 Å². The molecular weight excluding hydrogens is 256 g/mol. The second-order valence-electron chi connectivity index (χ2n) is 4.63. The molecule has 1 aromatic rings. The van der Waals surface area contributed by atoms with Gasteiger partial charge in [-0.3, -0.25) is 0 Å². The fourth-order valence-electron chi connectivity index (χ4n) is 1.93. The van der Waals surface area contributed by atoms with Gasteiger partial charge in [0.2, 0.25) is 0 Å². The van der Waals surface area contributed by atoms with Gasteiger partial charge in [0, 0.05) is 18.3 Å². The summed E-state index contributed by atoms with van der Waals surface area (Å²) in [5.74, 6) is 0.824. The number of aliphatic hydroxyl groups is 1. The molecule has 0 heterocycles. The van der Waals surface area contributed by atoms with Crippen molar-refractivity contribution in [1.82, 2.24) is 5.32 Å². The summed E-state index contributed by atoms with van der Waals surface area (Å²) >= 11 is 0. The van der Waals surface area contributed by atoms with Crippen molar-refractivity contribution in [3.05, 3.63) is 23.8 Å². The van der Waals surface area contributed by atoms with Gasteiger partial charge in [0.1, 0.15) is 5.75 Å². The molecule has 3 N–H and O–H groups in total. The monoisotopic (exact) mass is 280 g/mol. The molecule has 0 aromatic heterocycles. The molecule has 0 saturated heterocycles. The van der Waals surface area contributed by atoms with Crippen LogP contribution in [0.2, 0.25) is 0 Å². The lowest BCUT2D eigenvalue weighted by atomic mass is 10.1. The molecule has 0 aliphatic heterocycles. The molecule has 112 valence electrons. The standard InChI is InChI=1S/C15H24N2O3/c1-4-12(8-9-18)16-15(19)17-13-6-7-14(20-5-2)11(3)10-13/h6-7,10,12,18H,4-5,8-9H2,1-3H3,(H2,16,17,19). The molecule has 0 saturated carbocycles. The summed E-state index contributed by atoms with van der Waals surface area (Å²) in [5, 5.41) is 14.5. The molecular formula is C15H24N2O3. The predicted octanol–water partition coefficient (Wildman–Crippen LogP) is 2.68. The van der Waals surface area contributed by atoms with Crippen LogP contribution in [0.3, 0.4) is 0 Å². The minimum Gasteiger partial charge on any atom is -0.494 e. The minimum atomic E-state index is -0.256. The Bertz CT molecular complexity index is 435. The molecule has 0 radical (unpaired) electrons. The van der Waals surface area contributed by atoms with Crippen LogP contribution in [0, 0.1) is 6.92 Å². The first-order chi connectivity index (χ1) is 9.60. The van der Waals surface area contributed by atoms with E-state index < -0.39 is 0 Å². The molecule has 1 aromatic carbocycles. The van der Waals surface area contributed by atoms with Crippen LogP contribution in [0.15, 0.2) is 18.2 Å². The largest absolute Gasteiger partial charge is 0.494 e. The molecule has 0 bridgehead atoms. The van der Waals surface area contributed by atoms with Gasteiger partial charge in [0.25, 0.3) is 0 Å². The summed E-state index contributed by atoms with van der Waals surface area (Å²) in [6.45, 7) is 6.54. The van der Waals surface area contributed by atoms with E-state index in [1.54, 1.807) is 0 Å². The summed E-state index contributed by atoms with van der Waals surface area (Å²) < 4.78 is 5.45. The zero-order valence-corrected chi connectivity index (χ0v) is 12.4. The SMILES string of the molecule is CCOc1ccc(NC(=O)NC(CC)CCO)cc1C. The van der Waals surface area contributed by atoms with Gasteiger partial charge in [0.15, 0.2) is 0 Å². The maximum absolute atomic E-state index is 11.8. The van der Waals surface area contributed by atoms with Crippen molar-refractivity contribution in [2.45, 2.75) is 39.7 Å². The number of urea groups is 1. The lowest BCUT2D eigenvalue weighted by Gasteiger charge is -2.16. The number of anilines is 1. The summed E-state index contributed by atoms with van der Waals surface area (Å²) in [5.41, 5.74) is 1.70. The third-order valence-electron chi connectivity index (χ3n) is 3.04. The molecule has 0 aliphatic carbocycles. The second-order valence-corrected chi connectivity index (χ2v) is 4.63. The summed E-state index contributed by atoms with van der Waals surface area (Å²) in [7, 11) is 0. The smallest absolute Gasteiger partial charge is 0.319 e. The van der Waals surface area contributed by atoms with Crippen LogP contribution < -0.4 is 15.4 Å². The number of benzene rings is 1. The van der Waals surface area contributed by atoms with Crippen molar-refractivity contribution in [1.29, 1.82) is 0 Å². The number of nitrogens with one attached hydrogen (secondary N) is 2. The fraction of sp³-hybridized carbons (Fsp3) is 0.533. The Morgan fingerprint density at radius 1 is 1.40 bits per heavy atom. The Labute approximate surface area is 120 Å². The first kappa shape index (κ1) is 16.3. The van der Waals surface area contributed by atoms with Gasteiger partial charge in [-0.1, -0.05) is 6.92 Å². The van der Waals surface area contributed by atoms with Gasteiger partial charge in [-0.2, -0.15) is 0 Å². The van der Waals surface area contributed by atoms with E-state index in [-0.39, 0.29) is 18.7 Å². The van der Waals surface area contributed by atoms with E-state index in [0.717, 1.165) is 23.4 Å². The van der Waals surface area contributed by atoms with Crippen LogP contribution in [0.5, 0.6) is 5.75 Å². The highest BCUT2D eigenvalue weighted by molar-refractivity contribution is 5.89. The molecule has 2 amide bonds. The van der Waals surface area contributed by atoms with Crippen molar-refractivity contribution in [2.24, 2.45) is 0 Å². The summed E-state index contributed by atoms with van der Waals surface area (Å²) in [6, 6.07) is 5.26. The lowest BCUT2D eigenvalue weighted by Crippen LogP contribution is -2.38. The van der Waals surface area contributed by atoms with E-state index in [9.17, 15) is 4.79 Å². The van der Waals surface area contributed by atoms with E-state index in [2.05, 4.69) is 10.6 Å². The number of carbonyl (C=O) groups is 1. The third-order valence-corrected chi connectivity index (χ3v) is 3.04. The third kappa shape index (κ3) is 5.09. The van der Waals surface area contributed by atoms with Gasteiger partial charge in [-0.05, 0) is 50.5 Å². The Morgan fingerprint density at radius 2 is 2.15 bits per heavy atom. The van der Waals surface area contributed by atoms with Crippen LogP contribution >= 0.6 is 0 Å². The highest BCUT2D eigenvalue weighted by Gasteiger charge is 2.10. The Hall–Kier alpha value is -1.75. The average Bonchev–Trinajstić information content (AvgIpc) is 2.41. The maximum Gasteiger partial charge on any atom is 0.319 e. The van der Waals surface area contributed by atoms with Gasteiger partial charge in [-0.15, -0.1) is 0 Å². The van der Waals surface area contributed by atoms with Gasteiger partial charge in [-0.25, -0.2) is 4.79 Å². The Balaban J connectivity index is 2.59. The van der Waals surface area contributed by atoms with Crippen molar-refractivity contribution in [3.63, 3.8) is 0 Å². The summed E-state index contributed by atoms with van der Waals surface area (Å²) in [4.78, 5) is 11.8. The quantitative estimate of drug-likeness (QED) is 0.719. The molecule has 1 unspecified atom stereocenters. The van der Waals surface area contributed by atoms with Gasteiger partial charge < -0.3 is 20.5 Å². The number of aryl methyl sites for hydroxylation is 1. The lowest BCUT2D eigenvalue weighted by molar-refractivity contribution is 0.237. The van der Waals surface area contributed by atoms with Crippen molar-refractivity contribution in [3.8, 4) is 5.75 Å². The van der Waals surface area contributed by atoms with Crippen LogP contribution in [-0.2, 0) is 0 Å². The number of hydrogen-bond donors (Lipinski definition) is 3. The van der Waals surface area contributed by atoms with Crippen LogP contribution in [0.4, 0.5) is 10.5 Å². The number of amides is 2. The topological polar surface area (TPSA) is 70.6 Å². The van der Waals surface area contributed by atoms with E-state index in [4.69, 9.17) is 9.84 Å². The van der Waals surface area contributed by atoms with Crippen LogP contribution in [0.25, 0.3) is 0 Å². The Morgan fingerprint density at radius 3 is 2.70 bits per heavy atom. The molecule has 5 heteroatoms. The maximum atomic E-state index is 11.8. The van der Waals surface area contributed by atoms with Crippen molar-refractivity contribution < 1.29 is 14.6 Å². The zero-order chi connectivity index (χ0) is 15.0. The number of aliphatic hydroxyl groups excluding tert-OH is 1. The average molecular weight is 280 g/mol. The van der Waals surface area contributed by atoms with Crippen LogP contribution in [0.1, 0.15) is 32.3 Å². The zero-order valence-electron chi connectivity index (χ0n) is 12.4. The second kappa shape index (κ2) is 8.43. The highest BCUT2D eigenvalue weighted by atomic mass is 16.5.